The average Bonchev–Trinajstić information content (AvgIpc) is 2.43. The molecule has 0 spiro atoms. The van der Waals surface area contributed by atoms with E-state index in [1.807, 2.05) is 32.9 Å². The summed E-state index contributed by atoms with van der Waals surface area (Å²) < 4.78 is 21.1. The van der Waals surface area contributed by atoms with E-state index in [4.69, 9.17) is 16.3 Å². The summed E-state index contributed by atoms with van der Waals surface area (Å²) in [7, 11) is 0.299. The normalized spacial score (nSPS) is 13.8. The Labute approximate surface area is 131 Å². The molecule has 1 aromatic carbocycles. The molecule has 1 heterocycles. The minimum absolute atomic E-state index is 0.391. The standard InChI is InChI=1S/C15H17ClN2O2S/c1-15(2,3)21(19)18-8-10-5-6-13(20-4)12-9-17-14(16)7-11(10)12/h5-9H,1-4H3/b18-8+/t21-/m0/s1. The summed E-state index contributed by atoms with van der Waals surface area (Å²) in [6, 6.07) is 5.45. The smallest absolute Gasteiger partial charge is 0.144 e. The van der Waals surface area contributed by atoms with Gasteiger partial charge < -0.3 is 4.74 Å². The number of hydrogen-bond acceptors (Lipinski definition) is 3. The summed E-state index contributed by atoms with van der Waals surface area (Å²) >= 11 is 5.97. The van der Waals surface area contributed by atoms with Crippen LogP contribution in [0, 0.1) is 0 Å². The molecule has 0 fully saturated rings. The third-order valence-corrected chi connectivity index (χ3v) is 4.44. The fourth-order valence-corrected chi connectivity index (χ4v) is 2.45. The van der Waals surface area contributed by atoms with Crippen molar-refractivity contribution in [2.45, 2.75) is 25.5 Å². The number of nitrogens with zero attached hydrogens (tertiary/aromatic N) is 2. The highest BCUT2D eigenvalue weighted by Crippen LogP contribution is 2.29. The predicted molar refractivity (Wildman–Crippen MR) is 88.8 cm³/mol. The molecular weight excluding hydrogens is 308 g/mol. The Balaban J connectivity index is 2.53. The quantitative estimate of drug-likeness (QED) is 0.637. The number of rotatable bonds is 3. The van der Waals surface area contributed by atoms with Crippen LogP contribution in [0.1, 0.15) is 26.3 Å². The SMILES string of the molecule is COc1ccc(/C=N/[S@@](=O)C(C)(C)C)c2cc(Cl)ncc12. The predicted octanol–water partition coefficient (Wildman–Crippen LogP) is 3.78. The van der Waals surface area contributed by atoms with Gasteiger partial charge in [-0.15, -0.1) is 0 Å². The molecule has 2 rings (SSSR count). The highest BCUT2D eigenvalue weighted by atomic mass is 35.5. The number of halogens is 1. The molecule has 4 nitrogen and oxygen atoms in total. The Hall–Kier alpha value is -1.46. The van der Waals surface area contributed by atoms with Crippen LogP contribution in [0.15, 0.2) is 28.8 Å². The van der Waals surface area contributed by atoms with Crippen LogP contribution in [0.2, 0.25) is 5.15 Å². The fourth-order valence-electron chi connectivity index (χ4n) is 1.76. The minimum Gasteiger partial charge on any atom is -0.496 e. The Kier molecular flexibility index (Phi) is 4.64. The van der Waals surface area contributed by atoms with Gasteiger partial charge in [0.05, 0.1) is 11.9 Å². The number of hydrogen-bond donors (Lipinski definition) is 0. The van der Waals surface area contributed by atoms with Gasteiger partial charge >= 0.3 is 0 Å². The molecule has 0 aliphatic rings. The highest BCUT2D eigenvalue weighted by Gasteiger charge is 2.18. The van der Waals surface area contributed by atoms with Gasteiger partial charge in [0.1, 0.15) is 21.9 Å². The molecule has 1 atom stereocenters. The maximum absolute atomic E-state index is 12.0. The van der Waals surface area contributed by atoms with Crippen molar-refractivity contribution in [1.82, 2.24) is 4.98 Å². The Morgan fingerprint density at radius 2 is 2.05 bits per heavy atom. The maximum Gasteiger partial charge on any atom is 0.144 e. The van der Waals surface area contributed by atoms with Crippen molar-refractivity contribution in [1.29, 1.82) is 0 Å². The molecule has 0 N–H and O–H groups in total. The highest BCUT2D eigenvalue weighted by molar-refractivity contribution is 7.85. The molecule has 0 saturated heterocycles. The summed E-state index contributed by atoms with van der Waals surface area (Å²) in [5, 5.41) is 2.10. The van der Waals surface area contributed by atoms with Gasteiger partial charge in [-0.05, 0) is 44.4 Å². The first-order valence-corrected chi connectivity index (χ1v) is 7.89. The number of aromatic nitrogens is 1. The van der Waals surface area contributed by atoms with Gasteiger partial charge in [0.2, 0.25) is 0 Å². The van der Waals surface area contributed by atoms with Gasteiger partial charge in [0, 0.05) is 23.4 Å². The first kappa shape index (κ1) is 15.9. The van der Waals surface area contributed by atoms with Gasteiger partial charge in [-0.1, -0.05) is 11.6 Å². The zero-order valence-corrected chi connectivity index (χ0v) is 14.0. The largest absolute Gasteiger partial charge is 0.496 e. The zero-order valence-electron chi connectivity index (χ0n) is 12.4. The van der Waals surface area contributed by atoms with E-state index in [0.29, 0.717) is 10.9 Å². The second-order valence-electron chi connectivity index (χ2n) is 5.51. The third-order valence-electron chi connectivity index (χ3n) is 2.89. The van der Waals surface area contributed by atoms with Crippen molar-refractivity contribution in [3.8, 4) is 5.75 Å². The third kappa shape index (κ3) is 3.60. The van der Waals surface area contributed by atoms with Crippen LogP contribution in [-0.2, 0) is 11.0 Å². The Morgan fingerprint density at radius 3 is 2.67 bits per heavy atom. The van der Waals surface area contributed by atoms with Crippen LogP contribution in [0.3, 0.4) is 0 Å². The maximum atomic E-state index is 12.0. The summed E-state index contributed by atoms with van der Waals surface area (Å²) in [6.45, 7) is 5.65. The number of methoxy groups -OCH3 is 1. The van der Waals surface area contributed by atoms with Crippen molar-refractivity contribution in [2.75, 3.05) is 7.11 Å². The number of ether oxygens (including phenoxy) is 1. The summed E-state index contributed by atoms with van der Waals surface area (Å²) in [5.74, 6) is 0.711. The van der Waals surface area contributed by atoms with Crippen LogP contribution < -0.4 is 4.74 Å². The first-order valence-electron chi connectivity index (χ1n) is 6.41. The van der Waals surface area contributed by atoms with Gasteiger partial charge in [-0.3, -0.25) is 0 Å². The topological polar surface area (TPSA) is 51.5 Å². The molecule has 2 aromatic rings. The molecule has 0 aliphatic heterocycles. The number of pyridine rings is 1. The van der Waals surface area contributed by atoms with E-state index in [2.05, 4.69) is 9.38 Å². The molecule has 21 heavy (non-hydrogen) atoms. The van der Waals surface area contributed by atoms with Gasteiger partial charge in [-0.25, -0.2) is 9.19 Å². The molecule has 1 aromatic heterocycles. The van der Waals surface area contributed by atoms with E-state index in [-0.39, 0.29) is 0 Å². The zero-order chi connectivity index (χ0) is 15.6. The van der Waals surface area contributed by atoms with Crippen molar-refractivity contribution in [3.05, 3.63) is 35.1 Å². The van der Waals surface area contributed by atoms with E-state index in [9.17, 15) is 4.21 Å². The van der Waals surface area contributed by atoms with E-state index in [1.165, 1.54) is 0 Å². The molecule has 0 aliphatic carbocycles. The average molecular weight is 325 g/mol. The van der Waals surface area contributed by atoms with Crippen LogP contribution in [0.5, 0.6) is 5.75 Å². The summed E-state index contributed by atoms with van der Waals surface area (Å²) in [6.07, 6.45) is 3.27. The van der Waals surface area contributed by atoms with Crippen molar-refractivity contribution >= 4 is 39.6 Å². The Morgan fingerprint density at radius 1 is 1.33 bits per heavy atom. The van der Waals surface area contributed by atoms with Crippen molar-refractivity contribution in [2.24, 2.45) is 4.40 Å². The van der Waals surface area contributed by atoms with Crippen LogP contribution in [0.25, 0.3) is 10.8 Å². The fraction of sp³-hybridized carbons (Fsp3) is 0.333. The van der Waals surface area contributed by atoms with Crippen LogP contribution in [-0.4, -0.2) is 27.3 Å². The molecule has 6 heteroatoms. The molecule has 112 valence electrons. The summed E-state index contributed by atoms with van der Waals surface area (Å²) in [4.78, 5) is 4.07. The first-order chi connectivity index (χ1) is 9.82. The molecular formula is C15H17ClN2O2S. The lowest BCUT2D eigenvalue weighted by Gasteiger charge is -2.13. The van der Waals surface area contributed by atoms with Gasteiger partial charge in [0.25, 0.3) is 0 Å². The molecule has 0 saturated carbocycles. The molecule has 0 bridgehead atoms. The van der Waals surface area contributed by atoms with Crippen LogP contribution in [0.4, 0.5) is 0 Å². The number of benzene rings is 1. The van der Waals surface area contributed by atoms with E-state index < -0.39 is 15.7 Å². The Bertz CT molecular complexity index is 723. The van der Waals surface area contributed by atoms with Gasteiger partial charge in [-0.2, -0.15) is 4.40 Å². The number of fused-ring (bicyclic) bond motifs is 1. The molecule has 0 radical (unpaired) electrons. The van der Waals surface area contributed by atoms with Crippen molar-refractivity contribution in [3.63, 3.8) is 0 Å². The van der Waals surface area contributed by atoms with E-state index in [1.54, 1.807) is 25.6 Å². The lowest BCUT2D eigenvalue weighted by Crippen LogP contribution is -2.19. The molecule has 0 unspecified atom stereocenters. The van der Waals surface area contributed by atoms with Gasteiger partial charge in [0.15, 0.2) is 0 Å². The van der Waals surface area contributed by atoms with E-state index >= 15 is 0 Å². The van der Waals surface area contributed by atoms with Crippen molar-refractivity contribution < 1.29 is 8.95 Å². The lowest BCUT2D eigenvalue weighted by molar-refractivity contribution is 0.419. The van der Waals surface area contributed by atoms with Crippen LogP contribution >= 0.6 is 11.6 Å². The monoisotopic (exact) mass is 324 g/mol. The lowest BCUT2D eigenvalue weighted by atomic mass is 10.1. The minimum atomic E-state index is -1.30. The summed E-state index contributed by atoms with van der Waals surface area (Å²) in [5.41, 5.74) is 0.827. The molecule has 0 amide bonds. The second-order valence-corrected chi connectivity index (χ2v) is 7.83. The van der Waals surface area contributed by atoms with E-state index in [0.717, 1.165) is 16.3 Å². The second kappa shape index (κ2) is 6.12.